The zero-order valence-electron chi connectivity index (χ0n) is 15.9. The van der Waals surface area contributed by atoms with Gasteiger partial charge in [0, 0.05) is 22.7 Å². The van der Waals surface area contributed by atoms with Crippen LogP contribution in [0.4, 0.5) is 0 Å². The Morgan fingerprint density at radius 3 is 2.42 bits per heavy atom. The fourth-order valence-corrected chi connectivity index (χ4v) is 2.97. The van der Waals surface area contributed by atoms with Crippen molar-refractivity contribution in [2.45, 2.75) is 58.3 Å². The van der Waals surface area contributed by atoms with Crippen LogP contribution in [0.25, 0.3) is 10.9 Å². The second kappa shape index (κ2) is 12.1. The van der Waals surface area contributed by atoms with E-state index in [-0.39, 0.29) is 5.43 Å². The lowest BCUT2D eigenvalue weighted by atomic mass is 10.1. The third-order valence-corrected chi connectivity index (χ3v) is 4.39. The molecule has 1 aromatic heterocycles. The van der Waals surface area contributed by atoms with Gasteiger partial charge in [-0.25, -0.2) is 0 Å². The van der Waals surface area contributed by atoms with E-state index in [2.05, 4.69) is 48.4 Å². The fraction of sp³-hybridized carbons (Fsp3) is 0.375. The Hall–Kier alpha value is -2.35. The van der Waals surface area contributed by atoms with Gasteiger partial charge in [0.2, 0.25) is 0 Å². The summed E-state index contributed by atoms with van der Waals surface area (Å²) in [7, 11) is 0. The molecule has 0 bridgehead atoms. The molecule has 0 aliphatic carbocycles. The van der Waals surface area contributed by atoms with Gasteiger partial charge in [-0.05, 0) is 57.1 Å². The summed E-state index contributed by atoms with van der Waals surface area (Å²) >= 11 is 0. The van der Waals surface area contributed by atoms with Crippen LogP contribution in [-0.4, -0.2) is 4.98 Å². The first-order valence-corrected chi connectivity index (χ1v) is 9.87. The number of aryl methyl sites for hydroxylation is 1. The summed E-state index contributed by atoms with van der Waals surface area (Å²) in [5.74, 6) is 0. The summed E-state index contributed by atoms with van der Waals surface area (Å²) in [6.07, 6.45) is 22.2. The van der Waals surface area contributed by atoms with Crippen molar-refractivity contribution in [1.82, 2.24) is 4.98 Å². The Morgan fingerprint density at radius 2 is 1.62 bits per heavy atom. The van der Waals surface area contributed by atoms with Crippen molar-refractivity contribution in [3.8, 4) is 0 Å². The molecule has 2 aromatic rings. The van der Waals surface area contributed by atoms with Gasteiger partial charge >= 0.3 is 0 Å². The maximum atomic E-state index is 12.1. The highest BCUT2D eigenvalue weighted by atomic mass is 16.1. The number of hydrogen-bond donors (Lipinski definition) is 1. The number of para-hydroxylation sites is 1. The number of fused-ring (bicyclic) bond motifs is 1. The molecule has 2 heteroatoms. The molecule has 0 aliphatic rings. The molecular formula is C24H31NO. The summed E-state index contributed by atoms with van der Waals surface area (Å²) < 4.78 is 0. The molecule has 2 nitrogen and oxygen atoms in total. The summed E-state index contributed by atoms with van der Waals surface area (Å²) in [5.41, 5.74) is 2.11. The predicted molar refractivity (Wildman–Crippen MR) is 114 cm³/mol. The molecule has 26 heavy (non-hydrogen) atoms. The minimum absolute atomic E-state index is 0.121. The number of pyridine rings is 1. The van der Waals surface area contributed by atoms with E-state index in [0.29, 0.717) is 0 Å². The van der Waals surface area contributed by atoms with Gasteiger partial charge in [0.15, 0.2) is 5.43 Å². The van der Waals surface area contributed by atoms with Crippen LogP contribution >= 0.6 is 0 Å². The van der Waals surface area contributed by atoms with E-state index in [9.17, 15) is 4.79 Å². The van der Waals surface area contributed by atoms with Gasteiger partial charge in [-0.3, -0.25) is 4.79 Å². The normalized spacial score (nSPS) is 12.2. The van der Waals surface area contributed by atoms with Gasteiger partial charge < -0.3 is 4.98 Å². The minimum Gasteiger partial charge on any atom is -0.358 e. The Bertz CT molecular complexity index is 795. The van der Waals surface area contributed by atoms with Crippen LogP contribution in [0.2, 0.25) is 0 Å². The molecule has 0 atom stereocenters. The second-order valence-electron chi connectivity index (χ2n) is 6.60. The Kier molecular flexibility index (Phi) is 9.27. The van der Waals surface area contributed by atoms with Crippen molar-refractivity contribution in [3.05, 3.63) is 82.7 Å². The van der Waals surface area contributed by atoms with E-state index in [1.165, 1.54) is 12.8 Å². The van der Waals surface area contributed by atoms with Crippen LogP contribution in [0.5, 0.6) is 0 Å². The van der Waals surface area contributed by atoms with E-state index >= 15 is 0 Å². The number of rotatable bonds is 11. The van der Waals surface area contributed by atoms with Crippen molar-refractivity contribution in [2.24, 2.45) is 0 Å². The molecule has 0 fully saturated rings. The van der Waals surface area contributed by atoms with Gasteiger partial charge in [0.05, 0.1) is 0 Å². The zero-order valence-corrected chi connectivity index (χ0v) is 15.9. The van der Waals surface area contributed by atoms with Crippen molar-refractivity contribution in [3.63, 3.8) is 0 Å². The summed E-state index contributed by atoms with van der Waals surface area (Å²) in [5, 5.41) is 0.775. The molecule has 138 valence electrons. The van der Waals surface area contributed by atoms with E-state index in [1.54, 1.807) is 6.07 Å². The molecule has 1 aromatic carbocycles. The van der Waals surface area contributed by atoms with Crippen LogP contribution < -0.4 is 5.43 Å². The molecular weight excluding hydrogens is 318 g/mol. The highest BCUT2D eigenvalue weighted by molar-refractivity contribution is 5.78. The number of nitrogens with one attached hydrogen (secondary N) is 1. The second-order valence-corrected chi connectivity index (χ2v) is 6.60. The van der Waals surface area contributed by atoms with Crippen molar-refractivity contribution in [1.29, 1.82) is 0 Å². The first kappa shape index (κ1) is 20.0. The fourth-order valence-electron chi connectivity index (χ4n) is 2.97. The van der Waals surface area contributed by atoms with Gasteiger partial charge in [-0.2, -0.15) is 0 Å². The molecule has 0 saturated carbocycles. The lowest BCUT2D eigenvalue weighted by Crippen LogP contribution is -2.05. The van der Waals surface area contributed by atoms with Crippen LogP contribution in [0.3, 0.4) is 0 Å². The van der Waals surface area contributed by atoms with Gasteiger partial charge in [0.1, 0.15) is 0 Å². The number of hydrogen-bond acceptors (Lipinski definition) is 1. The smallest absolute Gasteiger partial charge is 0.189 e. The number of unbranched alkanes of at least 4 members (excludes halogenated alkanes) is 3. The van der Waals surface area contributed by atoms with Gasteiger partial charge in [-0.15, -0.1) is 0 Å². The quantitative estimate of drug-likeness (QED) is 0.365. The molecule has 0 aliphatic heterocycles. The lowest BCUT2D eigenvalue weighted by molar-refractivity contribution is 0.680. The van der Waals surface area contributed by atoms with Crippen LogP contribution in [0.15, 0.2) is 71.6 Å². The highest BCUT2D eigenvalue weighted by Gasteiger charge is 2.01. The number of aromatic nitrogens is 1. The Morgan fingerprint density at radius 1 is 0.885 bits per heavy atom. The first-order chi connectivity index (χ1) is 12.8. The average molecular weight is 350 g/mol. The molecule has 0 spiro atoms. The van der Waals surface area contributed by atoms with Gasteiger partial charge in [0.25, 0.3) is 0 Å². The van der Waals surface area contributed by atoms with Crippen LogP contribution in [0.1, 0.15) is 57.6 Å². The largest absolute Gasteiger partial charge is 0.358 e. The van der Waals surface area contributed by atoms with E-state index in [1.807, 2.05) is 24.3 Å². The summed E-state index contributed by atoms with van der Waals surface area (Å²) in [6, 6.07) is 9.47. The number of benzene rings is 1. The predicted octanol–water partition coefficient (Wildman–Crippen LogP) is 6.49. The SMILES string of the molecule is CCC=CCC=CCC=CCCCCCc1cc(=O)c2ccccc2[nH]1. The van der Waals surface area contributed by atoms with E-state index < -0.39 is 0 Å². The maximum Gasteiger partial charge on any atom is 0.189 e. The van der Waals surface area contributed by atoms with Crippen molar-refractivity contribution < 1.29 is 0 Å². The lowest BCUT2D eigenvalue weighted by Gasteiger charge is -2.04. The summed E-state index contributed by atoms with van der Waals surface area (Å²) in [4.78, 5) is 15.5. The third kappa shape index (κ3) is 7.26. The van der Waals surface area contributed by atoms with Gasteiger partial charge in [-0.1, -0.05) is 61.9 Å². The van der Waals surface area contributed by atoms with Crippen molar-refractivity contribution in [2.75, 3.05) is 0 Å². The van der Waals surface area contributed by atoms with Crippen LogP contribution in [-0.2, 0) is 6.42 Å². The standard InChI is InChI=1S/C24H31NO/c1-2-3-4-5-6-7-8-9-10-11-12-13-14-17-21-20-24(26)22-18-15-16-19-23(22)25-21/h3-4,6-7,9-10,15-16,18-20H,2,5,8,11-14,17H2,1H3,(H,25,26). The number of H-pyrrole nitrogens is 1. The molecule has 1 N–H and O–H groups in total. The highest BCUT2D eigenvalue weighted by Crippen LogP contribution is 2.10. The molecule has 0 unspecified atom stereocenters. The van der Waals surface area contributed by atoms with E-state index in [4.69, 9.17) is 0 Å². The molecule has 1 heterocycles. The third-order valence-electron chi connectivity index (χ3n) is 4.39. The zero-order chi connectivity index (χ0) is 18.5. The monoisotopic (exact) mass is 349 g/mol. The maximum absolute atomic E-state index is 12.1. The number of aromatic amines is 1. The molecule has 0 amide bonds. The number of allylic oxidation sites excluding steroid dienone is 6. The topological polar surface area (TPSA) is 32.9 Å². The Balaban J connectivity index is 1.60. The Labute approximate surface area is 157 Å². The minimum atomic E-state index is 0.121. The van der Waals surface area contributed by atoms with E-state index in [0.717, 1.165) is 55.1 Å². The summed E-state index contributed by atoms with van der Waals surface area (Å²) in [6.45, 7) is 2.16. The van der Waals surface area contributed by atoms with Crippen LogP contribution in [0, 0.1) is 0 Å². The average Bonchev–Trinajstić information content (AvgIpc) is 2.65. The molecule has 0 radical (unpaired) electrons. The van der Waals surface area contributed by atoms with Crippen molar-refractivity contribution >= 4 is 10.9 Å². The first-order valence-electron chi connectivity index (χ1n) is 9.87. The molecule has 2 rings (SSSR count). The molecule has 0 saturated heterocycles.